The number of ether oxygens (including phenoxy) is 1. The summed E-state index contributed by atoms with van der Waals surface area (Å²) in [7, 11) is 1.69. The SMILES string of the molecule is COc1ccc(CN2CC[C@@H](O)C2)s1. The number of rotatable bonds is 3. The highest BCUT2D eigenvalue weighted by Gasteiger charge is 2.20. The standard InChI is InChI=1S/C10H15NO2S/c1-13-10-3-2-9(14-10)7-11-5-4-8(12)6-11/h2-3,8,12H,4-7H2,1H3/t8-/m1/s1. The molecule has 2 rings (SSSR count). The van der Waals surface area contributed by atoms with Gasteiger partial charge in [0.2, 0.25) is 0 Å². The van der Waals surface area contributed by atoms with Crippen LogP contribution in [0.3, 0.4) is 0 Å². The van der Waals surface area contributed by atoms with Gasteiger partial charge in [-0.25, -0.2) is 0 Å². The van der Waals surface area contributed by atoms with Gasteiger partial charge in [0.05, 0.1) is 13.2 Å². The minimum absolute atomic E-state index is 0.128. The summed E-state index contributed by atoms with van der Waals surface area (Å²) in [6.07, 6.45) is 0.777. The Balaban J connectivity index is 1.90. The summed E-state index contributed by atoms with van der Waals surface area (Å²) in [6.45, 7) is 2.74. The molecule has 1 saturated heterocycles. The van der Waals surface area contributed by atoms with Crippen molar-refractivity contribution in [3.05, 3.63) is 17.0 Å². The molecule has 1 fully saturated rings. The lowest BCUT2D eigenvalue weighted by molar-refractivity contribution is 0.175. The number of aliphatic hydroxyl groups is 1. The molecule has 0 unspecified atom stereocenters. The van der Waals surface area contributed by atoms with Crippen LogP contribution in [0.1, 0.15) is 11.3 Å². The van der Waals surface area contributed by atoms with E-state index in [0.29, 0.717) is 0 Å². The molecule has 1 aromatic rings. The van der Waals surface area contributed by atoms with Gasteiger partial charge in [0, 0.05) is 24.5 Å². The van der Waals surface area contributed by atoms with E-state index < -0.39 is 0 Å². The van der Waals surface area contributed by atoms with Crippen LogP contribution < -0.4 is 4.74 Å². The molecule has 1 N–H and O–H groups in total. The van der Waals surface area contributed by atoms with Crippen LogP contribution in [-0.2, 0) is 6.54 Å². The summed E-state index contributed by atoms with van der Waals surface area (Å²) in [6, 6.07) is 4.08. The Morgan fingerprint density at radius 1 is 1.64 bits per heavy atom. The van der Waals surface area contributed by atoms with E-state index >= 15 is 0 Å². The van der Waals surface area contributed by atoms with Crippen LogP contribution in [-0.4, -0.2) is 36.3 Å². The first kappa shape index (κ1) is 9.96. The van der Waals surface area contributed by atoms with E-state index in [1.165, 1.54) is 4.88 Å². The molecular formula is C10H15NO2S. The average molecular weight is 213 g/mol. The zero-order chi connectivity index (χ0) is 9.97. The maximum Gasteiger partial charge on any atom is 0.173 e. The second kappa shape index (κ2) is 4.29. The van der Waals surface area contributed by atoms with E-state index in [9.17, 15) is 5.11 Å². The molecule has 0 amide bonds. The summed E-state index contributed by atoms with van der Waals surface area (Å²) in [5.74, 6) is 0. The Labute approximate surface area is 87.9 Å². The van der Waals surface area contributed by atoms with Crippen LogP contribution in [0, 0.1) is 0 Å². The van der Waals surface area contributed by atoms with Crippen molar-refractivity contribution in [2.24, 2.45) is 0 Å². The lowest BCUT2D eigenvalue weighted by atomic mass is 10.3. The van der Waals surface area contributed by atoms with Gasteiger partial charge in [-0.05, 0) is 18.6 Å². The highest BCUT2D eigenvalue weighted by Crippen LogP contribution is 2.25. The van der Waals surface area contributed by atoms with E-state index in [0.717, 1.165) is 31.1 Å². The van der Waals surface area contributed by atoms with Gasteiger partial charge in [-0.2, -0.15) is 0 Å². The average Bonchev–Trinajstić information content (AvgIpc) is 2.76. The predicted octanol–water partition coefficient (Wildman–Crippen LogP) is 1.32. The number of thiophene rings is 1. The van der Waals surface area contributed by atoms with Crippen LogP contribution in [0.5, 0.6) is 5.06 Å². The summed E-state index contributed by atoms with van der Waals surface area (Å²) < 4.78 is 5.13. The van der Waals surface area contributed by atoms with Gasteiger partial charge in [0.25, 0.3) is 0 Å². The van der Waals surface area contributed by atoms with E-state index in [4.69, 9.17) is 4.74 Å². The molecule has 0 aliphatic carbocycles. The van der Waals surface area contributed by atoms with Crippen molar-refractivity contribution in [1.29, 1.82) is 0 Å². The first-order valence-electron chi connectivity index (χ1n) is 4.81. The molecule has 0 saturated carbocycles. The molecule has 78 valence electrons. The monoisotopic (exact) mass is 213 g/mol. The lowest BCUT2D eigenvalue weighted by Gasteiger charge is -2.12. The Morgan fingerprint density at radius 3 is 3.07 bits per heavy atom. The third-order valence-electron chi connectivity index (χ3n) is 2.47. The van der Waals surface area contributed by atoms with Gasteiger partial charge >= 0.3 is 0 Å². The van der Waals surface area contributed by atoms with Gasteiger partial charge in [-0.3, -0.25) is 4.90 Å². The zero-order valence-corrected chi connectivity index (χ0v) is 9.09. The molecule has 0 spiro atoms. The van der Waals surface area contributed by atoms with Crippen molar-refractivity contribution < 1.29 is 9.84 Å². The number of nitrogens with zero attached hydrogens (tertiary/aromatic N) is 1. The van der Waals surface area contributed by atoms with Crippen molar-refractivity contribution in [3.8, 4) is 5.06 Å². The van der Waals surface area contributed by atoms with Gasteiger partial charge in [0.15, 0.2) is 5.06 Å². The minimum Gasteiger partial charge on any atom is -0.487 e. The molecule has 1 aliphatic heterocycles. The quantitative estimate of drug-likeness (QED) is 0.822. The summed E-state index contributed by atoms with van der Waals surface area (Å²) in [5.41, 5.74) is 0. The molecule has 1 aliphatic rings. The molecule has 4 heteroatoms. The number of likely N-dealkylation sites (tertiary alicyclic amines) is 1. The van der Waals surface area contributed by atoms with Crippen LogP contribution in [0.4, 0.5) is 0 Å². The van der Waals surface area contributed by atoms with Crippen molar-refractivity contribution in [2.75, 3.05) is 20.2 Å². The summed E-state index contributed by atoms with van der Waals surface area (Å²) in [4.78, 5) is 3.58. The lowest BCUT2D eigenvalue weighted by Crippen LogP contribution is -2.20. The largest absolute Gasteiger partial charge is 0.487 e. The van der Waals surface area contributed by atoms with Crippen molar-refractivity contribution in [2.45, 2.75) is 19.1 Å². The fourth-order valence-corrected chi connectivity index (χ4v) is 2.59. The Bertz CT molecular complexity index is 300. The Hall–Kier alpha value is -0.580. The van der Waals surface area contributed by atoms with Crippen LogP contribution in [0.2, 0.25) is 0 Å². The smallest absolute Gasteiger partial charge is 0.173 e. The van der Waals surface area contributed by atoms with Crippen molar-refractivity contribution in [3.63, 3.8) is 0 Å². The first-order chi connectivity index (χ1) is 6.78. The minimum atomic E-state index is -0.128. The van der Waals surface area contributed by atoms with Crippen LogP contribution >= 0.6 is 11.3 Å². The van der Waals surface area contributed by atoms with Gasteiger partial charge < -0.3 is 9.84 Å². The molecule has 1 atom stereocenters. The number of methoxy groups -OCH3 is 1. The highest BCUT2D eigenvalue weighted by atomic mass is 32.1. The normalized spacial score (nSPS) is 22.9. The van der Waals surface area contributed by atoms with Gasteiger partial charge in [-0.1, -0.05) is 0 Å². The molecule has 0 bridgehead atoms. The predicted molar refractivity (Wildman–Crippen MR) is 56.8 cm³/mol. The molecule has 14 heavy (non-hydrogen) atoms. The molecular weight excluding hydrogens is 198 g/mol. The number of aliphatic hydroxyl groups excluding tert-OH is 1. The second-order valence-corrected chi connectivity index (χ2v) is 4.73. The van der Waals surface area contributed by atoms with Crippen molar-refractivity contribution in [1.82, 2.24) is 4.90 Å². The van der Waals surface area contributed by atoms with Crippen molar-refractivity contribution >= 4 is 11.3 Å². The van der Waals surface area contributed by atoms with E-state index in [-0.39, 0.29) is 6.10 Å². The Kier molecular flexibility index (Phi) is 3.05. The molecule has 1 aromatic heterocycles. The van der Waals surface area contributed by atoms with E-state index in [2.05, 4.69) is 11.0 Å². The second-order valence-electron chi connectivity index (χ2n) is 3.60. The number of hydrogen-bond acceptors (Lipinski definition) is 4. The van der Waals surface area contributed by atoms with Crippen LogP contribution in [0.15, 0.2) is 12.1 Å². The van der Waals surface area contributed by atoms with Gasteiger partial charge in [-0.15, -0.1) is 11.3 Å². The highest BCUT2D eigenvalue weighted by molar-refractivity contribution is 7.13. The zero-order valence-electron chi connectivity index (χ0n) is 8.27. The molecule has 2 heterocycles. The first-order valence-corrected chi connectivity index (χ1v) is 5.62. The Morgan fingerprint density at radius 2 is 2.50 bits per heavy atom. The number of hydrogen-bond donors (Lipinski definition) is 1. The molecule has 0 aromatic carbocycles. The number of β-amino-alcohol motifs (C(OH)–C–C–N with tert-alkyl or cyclic N) is 1. The topological polar surface area (TPSA) is 32.7 Å². The van der Waals surface area contributed by atoms with E-state index in [1.54, 1.807) is 18.4 Å². The molecule has 3 nitrogen and oxygen atoms in total. The van der Waals surface area contributed by atoms with Gasteiger partial charge in [0.1, 0.15) is 0 Å². The fraction of sp³-hybridized carbons (Fsp3) is 0.600. The maximum absolute atomic E-state index is 9.37. The van der Waals surface area contributed by atoms with Crippen LogP contribution in [0.25, 0.3) is 0 Å². The third kappa shape index (κ3) is 2.26. The summed E-state index contributed by atoms with van der Waals surface area (Å²) >= 11 is 1.68. The fourth-order valence-electron chi connectivity index (χ4n) is 1.73. The van der Waals surface area contributed by atoms with E-state index in [1.807, 2.05) is 6.07 Å². The summed E-state index contributed by atoms with van der Waals surface area (Å²) in [5, 5.41) is 10.3. The maximum atomic E-state index is 9.37. The molecule has 0 radical (unpaired) electrons. The third-order valence-corrected chi connectivity index (χ3v) is 3.50.